The van der Waals surface area contributed by atoms with E-state index in [1.165, 1.54) is 0 Å². The van der Waals surface area contributed by atoms with Crippen LogP contribution in [0.15, 0.2) is 0 Å². The molecule has 0 saturated carbocycles. The van der Waals surface area contributed by atoms with Crippen LogP contribution in [0.1, 0.15) is 20.3 Å². The topological polar surface area (TPSA) is 26.7 Å². The number of nitrogens with zero attached hydrogens (tertiary/aromatic N) is 2. The molecule has 84 valence electrons. The lowest BCUT2D eigenvalue weighted by molar-refractivity contribution is 0.164. The highest BCUT2D eigenvalue weighted by atomic mass is 16.3. The predicted octanol–water partition coefficient (Wildman–Crippen LogP) is 0.639. The minimum absolute atomic E-state index is 0.112. The van der Waals surface area contributed by atoms with Crippen molar-refractivity contribution in [1.82, 2.24) is 9.80 Å². The fourth-order valence-corrected chi connectivity index (χ4v) is 2.26. The van der Waals surface area contributed by atoms with Gasteiger partial charge in [0.1, 0.15) is 0 Å². The summed E-state index contributed by atoms with van der Waals surface area (Å²) in [6.07, 6.45) is 0.823. The summed E-state index contributed by atoms with van der Waals surface area (Å²) in [5.41, 5.74) is 0. The van der Waals surface area contributed by atoms with Gasteiger partial charge in [0, 0.05) is 25.7 Å². The van der Waals surface area contributed by atoms with Gasteiger partial charge >= 0.3 is 0 Å². The molecule has 0 aromatic carbocycles. The number of aliphatic hydroxyl groups is 1. The Morgan fingerprint density at radius 3 is 2.57 bits per heavy atom. The number of likely N-dealkylation sites (tertiary alicyclic amines) is 1. The van der Waals surface area contributed by atoms with Gasteiger partial charge in [0.25, 0.3) is 0 Å². The summed E-state index contributed by atoms with van der Waals surface area (Å²) >= 11 is 0. The van der Waals surface area contributed by atoms with Gasteiger partial charge in [0.05, 0.1) is 6.10 Å². The monoisotopic (exact) mass is 200 g/mol. The lowest BCUT2D eigenvalue weighted by Gasteiger charge is -2.27. The van der Waals surface area contributed by atoms with Gasteiger partial charge < -0.3 is 10.0 Å². The molecule has 0 aliphatic carbocycles. The molecule has 2 unspecified atom stereocenters. The van der Waals surface area contributed by atoms with Crippen LogP contribution in [0, 0.1) is 5.92 Å². The zero-order valence-electron chi connectivity index (χ0n) is 9.90. The van der Waals surface area contributed by atoms with E-state index in [4.69, 9.17) is 0 Å². The molecule has 3 heteroatoms. The Kier molecular flexibility index (Phi) is 4.35. The normalized spacial score (nSPS) is 29.4. The van der Waals surface area contributed by atoms with Gasteiger partial charge in [-0.25, -0.2) is 0 Å². The third-order valence-electron chi connectivity index (χ3n) is 2.68. The van der Waals surface area contributed by atoms with Gasteiger partial charge in [0.2, 0.25) is 0 Å². The van der Waals surface area contributed by atoms with E-state index in [0.717, 1.165) is 26.1 Å². The highest BCUT2D eigenvalue weighted by molar-refractivity contribution is 4.86. The molecule has 0 amide bonds. The van der Waals surface area contributed by atoms with E-state index in [-0.39, 0.29) is 6.10 Å². The van der Waals surface area contributed by atoms with Crippen molar-refractivity contribution in [1.29, 1.82) is 0 Å². The van der Waals surface area contributed by atoms with Crippen molar-refractivity contribution < 1.29 is 5.11 Å². The molecule has 0 aromatic rings. The van der Waals surface area contributed by atoms with Gasteiger partial charge in [-0.3, -0.25) is 4.90 Å². The summed E-state index contributed by atoms with van der Waals surface area (Å²) in [5, 5.41) is 9.64. The zero-order valence-corrected chi connectivity index (χ0v) is 9.90. The van der Waals surface area contributed by atoms with E-state index < -0.39 is 0 Å². The van der Waals surface area contributed by atoms with E-state index in [1.54, 1.807) is 0 Å². The van der Waals surface area contributed by atoms with Gasteiger partial charge in [-0.1, -0.05) is 13.8 Å². The average molecular weight is 200 g/mol. The molecule has 0 radical (unpaired) electrons. The molecule has 1 aliphatic heterocycles. The van der Waals surface area contributed by atoms with Crippen molar-refractivity contribution in [3.63, 3.8) is 0 Å². The molecular weight excluding hydrogens is 176 g/mol. The van der Waals surface area contributed by atoms with Crippen LogP contribution < -0.4 is 0 Å². The Bertz CT molecular complexity index is 153. The van der Waals surface area contributed by atoms with Crippen molar-refractivity contribution in [2.75, 3.05) is 33.7 Å². The van der Waals surface area contributed by atoms with Crippen LogP contribution in [-0.2, 0) is 0 Å². The first-order valence-electron chi connectivity index (χ1n) is 5.56. The van der Waals surface area contributed by atoms with Crippen LogP contribution in [-0.4, -0.2) is 60.8 Å². The summed E-state index contributed by atoms with van der Waals surface area (Å²) in [5.74, 6) is 0.685. The first kappa shape index (κ1) is 12.0. The van der Waals surface area contributed by atoms with E-state index in [2.05, 4.69) is 37.7 Å². The lowest BCUT2D eigenvalue weighted by Crippen LogP contribution is -2.39. The lowest BCUT2D eigenvalue weighted by atomic mass is 10.1. The maximum Gasteiger partial charge on any atom is 0.0682 e. The zero-order chi connectivity index (χ0) is 10.7. The molecule has 1 aliphatic rings. The second kappa shape index (κ2) is 5.10. The highest BCUT2D eigenvalue weighted by Crippen LogP contribution is 2.19. The first-order chi connectivity index (χ1) is 6.49. The third-order valence-corrected chi connectivity index (χ3v) is 2.68. The Hall–Kier alpha value is -0.120. The molecule has 0 aromatic heterocycles. The largest absolute Gasteiger partial charge is 0.392 e. The minimum atomic E-state index is -0.112. The van der Waals surface area contributed by atoms with Gasteiger partial charge in [-0.15, -0.1) is 0 Å². The SMILES string of the molecule is CC(C)CN1CC(O)CC1CN(C)C. The van der Waals surface area contributed by atoms with Crippen LogP contribution in [0.5, 0.6) is 0 Å². The summed E-state index contributed by atoms with van der Waals surface area (Å²) in [6, 6.07) is 0.544. The van der Waals surface area contributed by atoms with Crippen LogP contribution in [0.3, 0.4) is 0 Å². The predicted molar refractivity (Wildman–Crippen MR) is 59.4 cm³/mol. The van der Waals surface area contributed by atoms with Crippen LogP contribution >= 0.6 is 0 Å². The summed E-state index contributed by atoms with van der Waals surface area (Å²) < 4.78 is 0. The highest BCUT2D eigenvalue weighted by Gasteiger charge is 2.30. The second-order valence-electron chi connectivity index (χ2n) is 5.15. The number of aliphatic hydroxyl groups excluding tert-OH is 1. The number of hydrogen-bond donors (Lipinski definition) is 1. The fourth-order valence-electron chi connectivity index (χ4n) is 2.26. The van der Waals surface area contributed by atoms with E-state index in [1.807, 2.05) is 0 Å². The second-order valence-corrected chi connectivity index (χ2v) is 5.15. The minimum Gasteiger partial charge on any atom is -0.392 e. The maximum atomic E-state index is 9.64. The standard InChI is InChI=1S/C11H24N2O/c1-9(2)6-13-8-11(14)5-10(13)7-12(3)4/h9-11,14H,5-8H2,1-4H3. The van der Waals surface area contributed by atoms with E-state index >= 15 is 0 Å². The van der Waals surface area contributed by atoms with Crippen molar-refractivity contribution in [3.8, 4) is 0 Å². The molecule has 1 heterocycles. The molecule has 14 heavy (non-hydrogen) atoms. The van der Waals surface area contributed by atoms with Crippen molar-refractivity contribution in [2.45, 2.75) is 32.4 Å². The molecule has 1 fully saturated rings. The van der Waals surface area contributed by atoms with E-state index in [0.29, 0.717) is 12.0 Å². The number of β-amino-alcohol motifs (C(OH)–C–C–N with tert-alkyl or cyclic N) is 1. The smallest absolute Gasteiger partial charge is 0.0682 e. The van der Waals surface area contributed by atoms with Gasteiger partial charge in [-0.2, -0.15) is 0 Å². The Morgan fingerprint density at radius 1 is 1.43 bits per heavy atom. The Morgan fingerprint density at radius 2 is 2.07 bits per heavy atom. The number of rotatable bonds is 4. The molecule has 3 nitrogen and oxygen atoms in total. The average Bonchev–Trinajstić information content (AvgIpc) is 2.28. The molecule has 1 N–H and O–H groups in total. The fraction of sp³-hybridized carbons (Fsp3) is 1.00. The molecule has 0 spiro atoms. The van der Waals surface area contributed by atoms with Crippen molar-refractivity contribution >= 4 is 0 Å². The molecule has 1 rings (SSSR count). The first-order valence-corrected chi connectivity index (χ1v) is 5.56. The van der Waals surface area contributed by atoms with E-state index in [9.17, 15) is 5.11 Å². The van der Waals surface area contributed by atoms with Crippen LogP contribution in [0.2, 0.25) is 0 Å². The molecule has 1 saturated heterocycles. The molecular formula is C11H24N2O. The maximum absolute atomic E-state index is 9.64. The summed E-state index contributed by atoms with van der Waals surface area (Å²) in [7, 11) is 4.19. The van der Waals surface area contributed by atoms with Crippen molar-refractivity contribution in [3.05, 3.63) is 0 Å². The Balaban J connectivity index is 2.45. The van der Waals surface area contributed by atoms with Crippen LogP contribution in [0.25, 0.3) is 0 Å². The summed E-state index contributed by atoms with van der Waals surface area (Å²) in [4.78, 5) is 4.63. The number of likely N-dealkylation sites (N-methyl/N-ethyl adjacent to an activating group) is 1. The van der Waals surface area contributed by atoms with Gasteiger partial charge in [0.15, 0.2) is 0 Å². The molecule has 0 bridgehead atoms. The third kappa shape index (κ3) is 3.56. The van der Waals surface area contributed by atoms with Crippen molar-refractivity contribution in [2.24, 2.45) is 5.92 Å². The molecule has 2 atom stereocenters. The number of hydrogen-bond acceptors (Lipinski definition) is 3. The Labute approximate surface area is 87.7 Å². The quantitative estimate of drug-likeness (QED) is 0.721. The van der Waals surface area contributed by atoms with Gasteiger partial charge in [-0.05, 0) is 26.4 Å². The summed E-state index contributed by atoms with van der Waals surface area (Å²) in [6.45, 7) is 7.49. The van der Waals surface area contributed by atoms with Crippen LogP contribution in [0.4, 0.5) is 0 Å².